The molecule has 1 heterocycles. The summed E-state index contributed by atoms with van der Waals surface area (Å²) in [4.78, 5) is 8.39. The molecule has 1 aromatic heterocycles. The van der Waals surface area contributed by atoms with Gasteiger partial charge in [-0.2, -0.15) is 4.98 Å². The average Bonchev–Trinajstić information content (AvgIpc) is 2.47. The fourth-order valence-electron chi connectivity index (χ4n) is 1.92. The molecule has 0 N–H and O–H groups in total. The van der Waals surface area contributed by atoms with E-state index >= 15 is 0 Å². The van der Waals surface area contributed by atoms with Crippen molar-refractivity contribution < 1.29 is 4.74 Å². The second kappa shape index (κ2) is 5.69. The molecule has 100 valence electrons. The van der Waals surface area contributed by atoms with Crippen molar-refractivity contribution in [2.75, 3.05) is 6.26 Å². The van der Waals surface area contributed by atoms with Crippen LogP contribution in [0.15, 0.2) is 53.7 Å². The van der Waals surface area contributed by atoms with Crippen molar-refractivity contribution in [3.63, 3.8) is 0 Å². The summed E-state index contributed by atoms with van der Waals surface area (Å²) in [6, 6.07) is 15.6. The second-order valence-electron chi connectivity index (χ2n) is 4.09. The molecule has 0 atom stereocenters. The van der Waals surface area contributed by atoms with Crippen LogP contribution in [0.2, 0.25) is 5.15 Å². The van der Waals surface area contributed by atoms with Gasteiger partial charge in [-0.15, -0.1) is 0 Å². The third kappa shape index (κ3) is 2.71. The second-order valence-corrected chi connectivity index (χ2v) is 5.26. The lowest BCUT2D eigenvalue weighted by Crippen LogP contribution is -1.93. The number of fused-ring (bicyclic) bond motifs is 1. The molecule has 0 aliphatic heterocycles. The summed E-state index contributed by atoms with van der Waals surface area (Å²) >= 11 is 7.39. The molecule has 0 fully saturated rings. The number of hydrogen-bond donors (Lipinski definition) is 0. The summed E-state index contributed by atoms with van der Waals surface area (Å²) in [6.07, 6.45) is 1.90. The zero-order valence-electron chi connectivity index (χ0n) is 10.7. The highest BCUT2D eigenvalue weighted by atomic mass is 35.5. The lowest BCUT2D eigenvalue weighted by molar-refractivity contribution is 0.460. The van der Waals surface area contributed by atoms with Crippen LogP contribution < -0.4 is 4.74 Å². The Kier molecular flexibility index (Phi) is 3.76. The number of nitrogens with zero attached hydrogens (tertiary/aromatic N) is 2. The maximum Gasteiger partial charge on any atom is 0.224 e. The van der Waals surface area contributed by atoms with Crippen LogP contribution in [-0.2, 0) is 0 Å². The molecule has 5 heteroatoms. The third-order valence-electron chi connectivity index (χ3n) is 2.80. The van der Waals surface area contributed by atoms with Crippen molar-refractivity contribution in [2.24, 2.45) is 0 Å². The van der Waals surface area contributed by atoms with Crippen molar-refractivity contribution in [1.82, 2.24) is 9.97 Å². The van der Waals surface area contributed by atoms with Gasteiger partial charge in [0.15, 0.2) is 5.16 Å². The molecule has 0 saturated carbocycles. The van der Waals surface area contributed by atoms with Crippen LogP contribution in [0.4, 0.5) is 0 Å². The number of aromatic nitrogens is 2. The molecule has 0 bridgehead atoms. The van der Waals surface area contributed by atoms with Gasteiger partial charge in [-0.1, -0.05) is 59.8 Å². The Bertz CT molecular complexity index is 758. The van der Waals surface area contributed by atoms with Gasteiger partial charge in [0.1, 0.15) is 10.9 Å². The molecule has 3 nitrogen and oxygen atoms in total. The predicted molar refractivity (Wildman–Crippen MR) is 82.8 cm³/mol. The fraction of sp³-hybridized carbons (Fsp3) is 0.0667. The monoisotopic (exact) mass is 302 g/mol. The minimum atomic E-state index is 0.375. The van der Waals surface area contributed by atoms with Crippen molar-refractivity contribution >= 4 is 34.1 Å². The Balaban J connectivity index is 2.03. The number of rotatable bonds is 3. The Hall–Kier alpha value is -1.78. The molecular weight excluding hydrogens is 292 g/mol. The third-order valence-corrected chi connectivity index (χ3v) is 3.54. The van der Waals surface area contributed by atoms with Crippen molar-refractivity contribution in [3.05, 3.63) is 53.7 Å². The van der Waals surface area contributed by atoms with Gasteiger partial charge in [-0.25, -0.2) is 4.98 Å². The Morgan fingerprint density at radius 1 is 1.05 bits per heavy atom. The van der Waals surface area contributed by atoms with Gasteiger partial charge in [-0.3, -0.25) is 0 Å². The highest BCUT2D eigenvalue weighted by molar-refractivity contribution is 7.98. The van der Waals surface area contributed by atoms with E-state index < -0.39 is 0 Å². The normalized spacial score (nSPS) is 10.7. The lowest BCUT2D eigenvalue weighted by Gasteiger charge is -2.08. The molecule has 0 amide bonds. The first kappa shape index (κ1) is 13.2. The number of benzene rings is 2. The van der Waals surface area contributed by atoms with Crippen LogP contribution in [-0.4, -0.2) is 16.2 Å². The summed E-state index contributed by atoms with van der Waals surface area (Å²) in [5, 5.41) is 3.12. The minimum absolute atomic E-state index is 0.375. The SMILES string of the molecule is CSc1nc(Cl)cc(Oc2cccc3ccccc23)n1. The van der Waals surface area contributed by atoms with Gasteiger partial charge < -0.3 is 4.74 Å². The van der Waals surface area contributed by atoms with Gasteiger partial charge in [0, 0.05) is 11.5 Å². The summed E-state index contributed by atoms with van der Waals surface area (Å²) in [6.45, 7) is 0. The molecule has 0 spiro atoms. The molecule has 0 radical (unpaired) electrons. The van der Waals surface area contributed by atoms with Crippen molar-refractivity contribution in [2.45, 2.75) is 5.16 Å². The Labute approximate surface area is 126 Å². The van der Waals surface area contributed by atoms with Gasteiger partial charge >= 0.3 is 0 Å². The maximum atomic E-state index is 5.97. The van der Waals surface area contributed by atoms with Crippen LogP contribution in [0.25, 0.3) is 10.8 Å². The number of halogens is 1. The zero-order valence-corrected chi connectivity index (χ0v) is 12.3. The van der Waals surface area contributed by atoms with E-state index in [4.69, 9.17) is 16.3 Å². The van der Waals surface area contributed by atoms with E-state index in [1.54, 1.807) is 6.07 Å². The Morgan fingerprint density at radius 3 is 2.70 bits per heavy atom. The number of thioether (sulfide) groups is 1. The minimum Gasteiger partial charge on any atom is -0.438 e. The summed E-state index contributed by atoms with van der Waals surface area (Å²) in [5.41, 5.74) is 0. The molecule has 0 saturated heterocycles. The van der Waals surface area contributed by atoms with Crippen LogP contribution in [0.1, 0.15) is 0 Å². The molecule has 0 aliphatic carbocycles. The molecule has 0 aliphatic rings. The first-order valence-electron chi connectivity index (χ1n) is 6.00. The molecule has 3 rings (SSSR count). The standard InChI is InChI=1S/C15H11ClN2OS/c1-20-15-17-13(16)9-14(18-15)19-12-8-4-6-10-5-2-3-7-11(10)12/h2-9H,1H3. The summed E-state index contributed by atoms with van der Waals surface area (Å²) in [5.74, 6) is 1.20. The van der Waals surface area contributed by atoms with Crippen LogP contribution >= 0.6 is 23.4 Å². The van der Waals surface area contributed by atoms with E-state index in [-0.39, 0.29) is 0 Å². The zero-order chi connectivity index (χ0) is 13.9. The van der Waals surface area contributed by atoms with E-state index in [9.17, 15) is 0 Å². The van der Waals surface area contributed by atoms with Gasteiger partial charge in [0.25, 0.3) is 0 Å². The van der Waals surface area contributed by atoms with E-state index in [2.05, 4.69) is 9.97 Å². The van der Waals surface area contributed by atoms with E-state index in [1.165, 1.54) is 11.8 Å². The summed E-state index contributed by atoms with van der Waals surface area (Å²) < 4.78 is 5.87. The number of hydrogen-bond acceptors (Lipinski definition) is 4. The molecule has 0 unspecified atom stereocenters. The van der Waals surface area contributed by atoms with Gasteiger partial charge in [0.05, 0.1) is 0 Å². The topological polar surface area (TPSA) is 35.0 Å². The highest BCUT2D eigenvalue weighted by Crippen LogP contribution is 2.30. The first-order valence-corrected chi connectivity index (χ1v) is 7.61. The maximum absolute atomic E-state index is 5.97. The quantitative estimate of drug-likeness (QED) is 0.395. The van der Waals surface area contributed by atoms with E-state index in [1.807, 2.05) is 48.7 Å². The summed E-state index contributed by atoms with van der Waals surface area (Å²) in [7, 11) is 0. The highest BCUT2D eigenvalue weighted by Gasteiger charge is 2.07. The van der Waals surface area contributed by atoms with Crippen LogP contribution in [0.5, 0.6) is 11.6 Å². The molecule has 3 aromatic rings. The Morgan fingerprint density at radius 2 is 1.85 bits per heavy atom. The predicted octanol–water partition coefficient (Wildman–Crippen LogP) is 4.80. The smallest absolute Gasteiger partial charge is 0.224 e. The largest absolute Gasteiger partial charge is 0.438 e. The van der Waals surface area contributed by atoms with Crippen LogP contribution in [0.3, 0.4) is 0 Å². The van der Waals surface area contributed by atoms with E-state index in [0.717, 1.165) is 16.5 Å². The molecule has 20 heavy (non-hydrogen) atoms. The van der Waals surface area contributed by atoms with Gasteiger partial charge in [0.2, 0.25) is 5.88 Å². The van der Waals surface area contributed by atoms with Crippen molar-refractivity contribution in [3.8, 4) is 11.6 Å². The van der Waals surface area contributed by atoms with E-state index in [0.29, 0.717) is 16.2 Å². The van der Waals surface area contributed by atoms with Crippen molar-refractivity contribution in [1.29, 1.82) is 0 Å². The average molecular weight is 303 g/mol. The molecular formula is C15H11ClN2OS. The first-order chi connectivity index (χ1) is 9.76. The van der Waals surface area contributed by atoms with Crippen LogP contribution in [0, 0.1) is 0 Å². The molecule has 2 aromatic carbocycles. The lowest BCUT2D eigenvalue weighted by atomic mass is 10.1. The fourth-order valence-corrected chi connectivity index (χ4v) is 2.51. The van der Waals surface area contributed by atoms with Gasteiger partial charge in [-0.05, 0) is 17.7 Å². The number of ether oxygens (including phenoxy) is 1.